The quantitative estimate of drug-likeness (QED) is 0.523. The zero-order chi connectivity index (χ0) is 22.2. The predicted octanol–water partition coefficient (Wildman–Crippen LogP) is 3.93. The minimum Gasteiger partial charge on any atom is -0.492 e. The smallest absolute Gasteiger partial charge is 0.234 e. The van der Waals surface area contributed by atoms with Crippen LogP contribution in [0, 0.1) is 0 Å². The molecule has 0 aliphatic carbocycles. The van der Waals surface area contributed by atoms with Crippen LogP contribution in [0.25, 0.3) is 0 Å². The summed E-state index contributed by atoms with van der Waals surface area (Å²) in [6.45, 7) is 6.17. The Bertz CT molecular complexity index is 1010. The van der Waals surface area contributed by atoms with E-state index in [9.17, 15) is 4.79 Å². The molecule has 4 rings (SSSR count). The van der Waals surface area contributed by atoms with Crippen LogP contribution < -0.4 is 19.9 Å². The van der Waals surface area contributed by atoms with Crippen molar-refractivity contribution in [3.8, 4) is 5.75 Å². The van der Waals surface area contributed by atoms with Gasteiger partial charge in [-0.2, -0.15) is 0 Å². The molecule has 2 aromatic carbocycles. The van der Waals surface area contributed by atoms with Crippen molar-refractivity contribution in [3.63, 3.8) is 0 Å². The number of aromatic nitrogens is 2. The van der Waals surface area contributed by atoms with Crippen molar-refractivity contribution >= 4 is 34.9 Å². The normalized spacial score (nSPS) is 13.7. The summed E-state index contributed by atoms with van der Waals surface area (Å²) in [5.41, 5.74) is 1.93. The van der Waals surface area contributed by atoms with Gasteiger partial charge < -0.3 is 19.9 Å². The fourth-order valence-corrected chi connectivity index (χ4v) is 4.20. The van der Waals surface area contributed by atoms with Gasteiger partial charge in [0.25, 0.3) is 0 Å². The van der Waals surface area contributed by atoms with Crippen molar-refractivity contribution in [1.29, 1.82) is 0 Å². The van der Waals surface area contributed by atoms with Crippen molar-refractivity contribution in [2.75, 3.05) is 53.7 Å². The highest BCUT2D eigenvalue weighted by molar-refractivity contribution is 7.99. The summed E-state index contributed by atoms with van der Waals surface area (Å²) in [6, 6.07) is 21.5. The van der Waals surface area contributed by atoms with Crippen molar-refractivity contribution in [2.24, 2.45) is 0 Å². The molecule has 166 valence electrons. The molecule has 1 saturated heterocycles. The minimum atomic E-state index is -0.0597. The highest BCUT2D eigenvalue weighted by Crippen LogP contribution is 2.29. The lowest BCUT2D eigenvalue weighted by molar-refractivity contribution is -0.113. The van der Waals surface area contributed by atoms with Crippen molar-refractivity contribution in [3.05, 3.63) is 66.7 Å². The lowest BCUT2D eigenvalue weighted by atomic mass is 10.2. The molecule has 0 radical (unpaired) electrons. The van der Waals surface area contributed by atoms with Gasteiger partial charge in [0.05, 0.1) is 18.0 Å². The van der Waals surface area contributed by atoms with E-state index in [0.29, 0.717) is 12.4 Å². The maximum absolute atomic E-state index is 12.1. The minimum absolute atomic E-state index is 0.0597. The molecule has 1 amide bonds. The summed E-state index contributed by atoms with van der Waals surface area (Å²) in [4.78, 5) is 16.7. The molecule has 32 heavy (non-hydrogen) atoms. The van der Waals surface area contributed by atoms with Gasteiger partial charge in [-0.1, -0.05) is 42.1 Å². The Kier molecular flexibility index (Phi) is 7.45. The lowest BCUT2D eigenvalue weighted by Crippen LogP contribution is -2.47. The summed E-state index contributed by atoms with van der Waals surface area (Å²) in [7, 11) is 0. The predicted molar refractivity (Wildman–Crippen MR) is 130 cm³/mol. The summed E-state index contributed by atoms with van der Waals surface area (Å²) >= 11 is 1.38. The summed E-state index contributed by atoms with van der Waals surface area (Å²) < 4.78 is 5.78. The SMILES string of the molecule is CCOc1ccccc1N1CCN(c2ccc(SCC(=O)Nc3ccccc3)nn2)CC1. The first kappa shape index (κ1) is 22.0. The average Bonchev–Trinajstić information content (AvgIpc) is 2.84. The van der Waals surface area contributed by atoms with Gasteiger partial charge >= 0.3 is 0 Å². The van der Waals surface area contributed by atoms with Gasteiger partial charge in [-0.05, 0) is 43.3 Å². The Labute approximate surface area is 192 Å². The van der Waals surface area contributed by atoms with Crippen LogP contribution in [-0.2, 0) is 4.79 Å². The molecule has 0 spiro atoms. The highest BCUT2D eigenvalue weighted by atomic mass is 32.2. The van der Waals surface area contributed by atoms with Crippen LogP contribution in [0.1, 0.15) is 6.92 Å². The van der Waals surface area contributed by atoms with E-state index in [4.69, 9.17) is 4.74 Å². The Morgan fingerprint density at radius 3 is 2.38 bits per heavy atom. The van der Waals surface area contributed by atoms with Crippen LogP contribution in [0.5, 0.6) is 5.75 Å². The highest BCUT2D eigenvalue weighted by Gasteiger charge is 2.21. The van der Waals surface area contributed by atoms with Gasteiger partial charge in [-0.15, -0.1) is 10.2 Å². The van der Waals surface area contributed by atoms with Crippen LogP contribution in [0.2, 0.25) is 0 Å². The van der Waals surface area contributed by atoms with Crippen molar-refractivity contribution in [1.82, 2.24) is 10.2 Å². The molecular formula is C24H27N5O2S. The number of amides is 1. The standard InChI is InChI=1S/C24H27N5O2S/c1-2-31-21-11-7-6-10-20(21)28-14-16-29(17-15-28)22-12-13-24(27-26-22)32-18-23(30)25-19-8-4-3-5-9-19/h3-13H,2,14-18H2,1H3,(H,25,30). The second kappa shape index (κ2) is 10.9. The average molecular weight is 450 g/mol. The molecule has 0 unspecified atom stereocenters. The monoisotopic (exact) mass is 449 g/mol. The molecule has 1 aliphatic rings. The zero-order valence-electron chi connectivity index (χ0n) is 18.1. The molecule has 7 nitrogen and oxygen atoms in total. The van der Waals surface area contributed by atoms with Crippen molar-refractivity contribution < 1.29 is 9.53 Å². The van der Waals surface area contributed by atoms with Gasteiger partial charge in [0.15, 0.2) is 5.82 Å². The number of benzene rings is 2. The molecule has 2 heterocycles. The first-order chi connectivity index (χ1) is 15.7. The second-order valence-corrected chi connectivity index (χ2v) is 8.30. The van der Waals surface area contributed by atoms with E-state index < -0.39 is 0 Å². The second-order valence-electron chi connectivity index (χ2n) is 7.31. The number of carbonyl (C=O) groups excluding carboxylic acids is 1. The number of nitrogens with zero attached hydrogens (tertiary/aromatic N) is 4. The number of para-hydroxylation sites is 3. The first-order valence-corrected chi connectivity index (χ1v) is 11.7. The molecule has 1 N–H and O–H groups in total. The number of anilines is 3. The molecular weight excluding hydrogens is 422 g/mol. The molecule has 1 fully saturated rings. The Morgan fingerprint density at radius 1 is 0.938 bits per heavy atom. The molecule has 0 bridgehead atoms. The number of hydrogen-bond donors (Lipinski definition) is 1. The van der Waals surface area contributed by atoms with E-state index in [0.717, 1.165) is 54.1 Å². The number of hydrogen-bond acceptors (Lipinski definition) is 7. The topological polar surface area (TPSA) is 70.6 Å². The Balaban J connectivity index is 1.27. The molecule has 1 aliphatic heterocycles. The van der Waals surface area contributed by atoms with Gasteiger partial charge in [-0.25, -0.2) is 0 Å². The molecule has 3 aromatic rings. The van der Waals surface area contributed by atoms with E-state index in [1.165, 1.54) is 11.8 Å². The number of carbonyl (C=O) groups is 1. The number of rotatable bonds is 8. The third-order valence-electron chi connectivity index (χ3n) is 5.14. The number of nitrogens with one attached hydrogen (secondary N) is 1. The molecule has 0 atom stereocenters. The maximum atomic E-state index is 12.1. The van der Waals surface area contributed by atoms with Crippen molar-refractivity contribution in [2.45, 2.75) is 11.9 Å². The van der Waals surface area contributed by atoms with E-state index in [1.807, 2.05) is 67.6 Å². The van der Waals surface area contributed by atoms with E-state index in [-0.39, 0.29) is 5.91 Å². The third kappa shape index (κ3) is 5.70. The number of ether oxygens (including phenoxy) is 1. The van der Waals surface area contributed by atoms with Crippen LogP contribution >= 0.6 is 11.8 Å². The van der Waals surface area contributed by atoms with Crippen LogP contribution in [-0.4, -0.2) is 54.6 Å². The van der Waals surface area contributed by atoms with Gasteiger partial charge in [0, 0.05) is 31.9 Å². The first-order valence-electron chi connectivity index (χ1n) is 10.8. The summed E-state index contributed by atoms with van der Waals surface area (Å²) in [6.07, 6.45) is 0. The molecule has 8 heteroatoms. The van der Waals surface area contributed by atoms with Gasteiger partial charge in [-0.3, -0.25) is 4.79 Å². The fourth-order valence-electron chi connectivity index (χ4n) is 3.59. The summed E-state index contributed by atoms with van der Waals surface area (Å²) in [5.74, 6) is 2.03. The fraction of sp³-hybridized carbons (Fsp3) is 0.292. The number of piperazine rings is 1. The third-order valence-corrected chi connectivity index (χ3v) is 6.06. The number of thioether (sulfide) groups is 1. The van der Waals surface area contributed by atoms with Crippen LogP contribution in [0.3, 0.4) is 0 Å². The van der Waals surface area contributed by atoms with Gasteiger partial charge in [0.1, 0.15) is 10.8 Å². The Hall–Kier alpha value is -3.26. The largest absolute Gasteiger partial charge is 0.492 e. The maximum Gasteiger partial charge on any atom is 0.234 e. The summed E-state index contributed by atoms with van der Waals surface area (Å²) in [5, 5.41) is 12.3. The van der Waals surface area contributed by atoms with E-state index in [2.05, 4.69) is 31.4 Å². The lowest BCUT2D eigenvalue weighted by Gasteiger charge is -2.37. The van der Waals surface area contributed by atoms with Crippen LogP contribution in [0.4, 0.5) is 17.2 Å². The molecule has 0 saturated carbocycles. The van der Waals surface area contributed by atoms with E-state index >= 15 is 0 Å². The Morgan fingerprint density at radius 2 is 1.66 bits per heavy atom. The van der Waals surface area contributed by atoms with E-state index in [1.54, 1.807) is 0 Å². The molecule has 1 aromatic heterocycles. The zero-order valence-corrected chi connectivity index (χ0v) is 18.9. The van der Waals surface area contributed by atoms with Gasteiger partial charge in [0.2, 0.25) is 5.91 Å². The van der Waals surface area contributed by atoms with Crippen LogP contribution in [0.15, 0.2) is 71.8 Å².